The van der Waals surface area contributed by atoms with Crippen LogP contribution in [0.3, 0.4) is 0 Å². The number of primary amides is 1. The molecule has 1 saturated heterocycles. The predicted octanol–water partition coefficient (Wildman–Crippen LogP) is 1.41. The largest absolute Gasteiger partial charge is 0.462 e. The lowest BCUT2D eigenvalue weighted by molar-refractivity contribution is -0.123. The molecule has 1 aromatic carbocycles. The Bertz CT molecular complexity index is 659. The third kappa shape index (κ3) is 4.18. The van der Waals surface area contributed by atoms with Crippen molar-refractivity contribution in [1.29, 1.82) is 0 Å². The van der Waals surface area contributed by atoms with Crippen molar-refractivity contribution in [3.63, 3.8) is 0 Å². The molecule has 0 radical (unpaired) electrons. The zero-order valence-electron chi connectivity index (χ0n) is 13.8. The molecule has 0 aromatic heterocycles. The molecule has 2 aliphatic heterocycles. The van der Waals surface area contributed by atoms with E-state index in [0.717, 1.165) is 24.1 Å². The molecular formula is C17H22ClN3O4. The van der Waals surface area contributed by atoms with Gasteiger partial charge < -0.3 is 25.6 Å². The number of nitrogens with zero attached hydrogens (tertiary/aromatic N) is 1. The molecule has 1 fully saturated rings. The topological polar surface area (TPSA) is 97.1 Å². The second-order valence-electron chi connectivity index (χ2n) is 6.17. The Labute approximate surface area is 151 Å². The van der Waals surface area contributed by atoms with Crippen LogP contribution in [-0.4, -0.2) is 47.9 Å². The summed E-state index contributed by atoms with van der Waals surface area (Å²) in [5.41, 5.74) is 7.20. The van der Waals surface area contributed by atoms with Gasteiger partial charge in [0.1, 0.15) is 6.26 Å². The van der Waals surface area contributed by atoms with E-state index < -0.39 is 11.9 Å². The lowest BCUT2D eigenvalue weighted by atomic mass is 10.0. The highest BCUT2D eigenvalue weighted by Gasteiger charge is 2.34. The van der Waals surface area contributed by atoms with E-state index in [0.29, 0.717) is 23.9 Å². The summed E-state index contributed by atoms with van der Waals surface area (Å²) < 4.78 is 10.4. The number of hydrogen-bond donors (Lipinski definition) is 3. The van der Waals surface area contributed by atoms with E-state index in [1.807, 2.05) is 11.0 Å². The third-order valence-corrected chi connectivity index (χ3v) is 4.76. The Hall–Kier alpha value is -1.96. The number of aliphatic hydroxyl groups excluding tert-OH is 1. The smallest absolute Gasteiger partial charge is 0.242 e. The Morgan fingerprint density at radius 1 is 1.44 bits per heavy atom. The number of benzene rings is 1. The van der Waals surface area contributed by atoms with Crippen LogP contribution in [0.1, 0.15) is 18.4 Å². The second-order valence-corrected chi connectivity index (χ2v) is 6.60. The standard InChI is InChI=1S/C17H22ClN3O4/c18-12-1-2-14(11(7-12)8-22)20-13-3-5-21(6-4-13)16(17(19)23)15-9-24-10-25-15/h1-2,7,9,13,16,20,22H,3-6,8,10H2,(H2,19,23). The van der Waals surface area contributed by atoms with Gasteiger partial charge in [-0.3, -0.25) is 9.69 Å². The number of ether oxygens (including phenoxy) is 2. The number of aliphatic hydroxyl groups is 1. The number of anilines is 1. The van der Waals surface area contributed by atoms with E-state index in [2.05, 4.69) is 5.32 Å². The summed E-state index contributed by atoms with van der Waals surface area (Å²) in [6.45, 7) is 1.46. The summed E-state index contributed by atoms with van der Waals surface area (Å²) in [6.07, 6.45) is 3.14. The number of rotatable bonds is 6. The Balaban J connectivity index is 1.61. The molecule has 7 nitrogen and oxygen atoms in total. The van der Waals surface area contributed by atoms with Crippen LogP contribution in [-0.2, 0) is 20.9 Å². The quantitative estimate of drug-likeness (QED) is 0.703. The van der Waals surface area contributed by atoms with Gasteiger partial charge in [0.2, 0.25) is 12.7 Å². The van der Waals surface area contributed by atoms with E-state index in [-0.39, 0.29) is 19.4 Å². The summed E-state index contributed by atoms with van der Waals surface area (Å²) in [4.78, 5) is 13.8. The Kier molecular flexibility index (Phi) is 5.67. The minimum Gasteiger partial charge on any atom is -0.462 e. The first-order valence-electron chi connectivity index (χ1n) is 8.22. The SMILES string of the molecule is NC(=O)C(C1=COCO1)N1CCC(Nc2ccc(Cl)cc2CO)CC1. The van der Waals surface area contributed by atoms with E-state index in [1.165, 1.54) is 6.26 Å². The number of hydrogen-bond acceptors (Lipinski definition) is 6. The number of piperidine rings is 1. The number of carbonyl (C=O) groups is 1. The minimum absolute atomic E-state index is 0.0724. The Morgan fingerprint density at radius 3 is 2.80 bits per heavy atom. The molecule has 3 rings (SSSR count). The molecule has 4 N–H and O–H groups in total. The van der Waals surface area contributed by atoms with Gasteiger partial charge in [0.05, 0.1) is 6.61 Å². The van der Waals surface area contributed by atoms with Crippen LogP contribution in [0.4, 0.5) is 5.69 Å². The summed E-state index contributed by atoms with van der Waals surface area (Å²) in [6, 6.07) is 5.08. The van der Waals surface area contributed by atoms with Crippen molar-refractivity contribution >= 4 is 23.2 Å². The molecule has 1 aromatic rings. The van der Waals surface area contributed by atoms with Crippen LogP contribution in [0.5, 0.6) is 0 Å². The fourth-order valence-corrected chi connectivity index (χ4v) is 3.45. The van der Waals surface area contributed by atoms with Gasteiger partial charge in [-0.2, -0.15) is 0 Å². The van der Waals surface area contributed by atoms with Crippen molar-refractivity contribution in [2.75, 3.05) is 25.2 Å². The fourth-order valence-electron chi connectivity index (χ4n) is 3.25. The first-order valence-corrected chi connectivity index (χ1v) is 8.60. The zero-order valence-corrected chi connectivity index (χ0v) is 14.5. The van der Waals surface area contributed by atoms with Crippen molar-refractivity contribution < 1.29 is 19.4 Å². The predicted molar refractivity (Wildman–Crippen MR) is 93.7 cm³/mol. The normalized spacial score (nSPS) is 19.7. The molecule has 0 saturated carbocycles. The molecular weight excluding hydrogens is 346 g/mol. The monoisotopic (exact) mass is 367 g/mol. The van der Waals surface area contributed by atoms with Gasteiger partial charge >= 0.3 is 0 Å². The lowest BCUT2D eigenvalue weighted by Crippen LogP contribution is -2.51. The fraction of sp³-hybridized carbons (Fsp3) is 0.471. The molecule has 1 unspecified atom stereocenters. The maximum Gasteiger partial charge on any atom is 0.242 e. The molecule has 0 bridgehead atoms. The highest BCUT2D eigenvalue weighted by Crippen LogP contribution is 2.26. The van der Waals surface area contributed by atoms with E-state index in [9.17, 15) is 9.90 Å². The number of amides is 1. The molecule has 2 aliphatic rings. The number of nitrogens with two attached hydrogens (primary N) is 1. The Morgan fingerprint density at radius 2 is 2.20 bits per heavy atom. The maximum atomic E-state index is 11.8. The summed E-state index contributed by atoms with van der Waals surface area (Å²) >= 11 is 5.97. The average Bonchev–Trinajstić information content (AvgIpc) is 3.12. The maximum absolute atomic E-state index is 11.8. The van der Waals surface area contributed by atoms with Gasteiger partial charge in [-0.05, 0) is 31.0 Å². The summed E-state index contributed by atoms with van der Waals surface area (Å²) in [5, 5.41) is 13.5. The molecule has 0 aliphatic carbocycles. The van der Waals surface area contributed by atoms with Gasteiger partial charge in [0.15, 0.2) is 11.8 Å². The van der Waals surface area contributed by atoms with Crippen molar-refractivity contribution in [2.24, 2.45) is 5.73 Å². The molecule has 1 amide bonds. The van der Waals surface area contributed by atoms with E-state index in [4.69, 9.17) is 26.8 Å². The molecule has 0 spiro atoms. The van der Waals surface area contributed by atoms with Gasteiger partial charge in [-0.25, -0.2) is 0 Å². The molecule has 1 atom stereocenters. The van der Waals surface area contributed by atoms with Crippen molar-refractivity contribution in [1.82, 2.24) is 4.90 Å². The van der Waals surface area contributed by atoms with Gasteiger partial charge in [0.25, 0.3) is 0 Å². The summed E-state index contributed by atoms with van der Waals surface area (Å²) in [7, 11) is 0. The van der Waals surface area contributed by atoms with Crippen LogP contribution in [0.15, 0.2) is 30.2 Å². The van der Waals surface area contributed by atoms with Crippen LogP contribution >= 0.6 is 11.6 Å². The molecule has 25 heavy (non-hydrogen) atoms. The first-order chi connectivity index (χ1) is 12.1. The van der Waals surface area contributed by atoms with Gasteiger partial charge in [-0.1, -0.05) is 11.6 Å². The number of carbonyl (C=O) groups excluding carboxylic acids is 1. The zero-order chi connectivity index (χ0) is 17.8. The lowest BCUT2D eigenvalue weighted by Gasteiger charge is -2.36. The summed E-state index contributed by atoms with van der Waals surface area (Å²) in [5.74, 6) is 0.0302. The van der Waals surface area contributed by atoms with Gasteiger partial charge in [-0.15, -0.1) is 0 Å². The van der Waals surface area contributed by atoms with Crippen LogP contribution in [0.25, 0.3) is 0 Å². The van der Waals surface area contributed by atoms with Crippen molar-refractivity contribution in [2.45, 2.75) is 31.5 Å². The van der Waals surface area contributed by atoms with Crippen molar-refractivity contribution in [3.05, 3.63) is 40.8 Å². The van der Waals surface area contributed by atoms with E-state index >= 15 is 0 Å². The molecule has 2 heterocycles. The van der Waals surface area contributed by atoms with Crippen LogP contribution in [0.2, 0.25) is 5.02 Å². The first kappa shape index (κ1) is 17.8. The average molecular weight is 368 g/mol. The van der Waals surface area contributed by atoms with Crippen LogP contribution < -0.4 is 11.1 Å². The molecule has 8 heteroatoms. The number of nitrogens with one attached hydrogen (secondary N) is 1. The minimum atomic E-state index is -0.591. The number of halogens is 1. The molecule has 136 valence electrons. The number of likely N-dealkylation sites (tertiary alicyclic amines) is 1. The van der Waals surface area contributed by atoms with E-state index in [1.54, 1.807) is 12.1 Å². The highest BCUT2D eigenvalue weighted by atomic mass is 35.5. The second kappa shape index (κ2) is 7.95. The highest BCUT2D eigenvalue weighted by molar-refractivity contribution is 6.30. The third-order valence-electron chi connectivity index (χ3n) is 4.52. The van der Waals surface area contributed by atoms with Gasteiger partial charge in [0, 0.05) is 35.4 Å². The van der Waals surface area contributed by atoms with Crippen molar-refractivity contribution in [3.8, 4) is 0 Å². The van der Waals surface area contributed by atoms with Crippen LogP contribution in [0, 0.1) is 0 Å².